The van der Waals surface area contributed by atoms with Crippen molar-refractivity contribution in [3.8, 4) is 0 Å². The molecule has 0 aromatic heterocycles. The molecule has 0 aliphatic rings. The number of benzene rings is 2. The largest absolute Gasteiger partial charge is 0.355 e. The van der Waals surface area contributed by atoms with Crippen LogP contribution in [0.15, 0.2) is 48.5 Å². The Morgan fingerprint density at radius 3 is 2.50 bits per heavy atom. The van der Waals surface area contributed by atoms with Crippen molar-refractivity contribution >= 4 is 29.3 Å². The molecule has 0 bridgehead atoms. The molecule has 0 heterocycles. The van der Waals surface area contributed by atoms with Gasteiger partial charge in [0.15, 0.2) is 0 Å². The summed E-state index contributed by atoms with van der Waals surface area (Å²) in [6.07, 6.45) is 0.434. The van der Waals surface area contributed by atoms with Gasteiger partial charge in [0.1, 0.15) is 5.82 Å². The molecule has 2 N–H and O–H groups in total. The summed E-state index contributed by atoms with van der Waals surface area (Å²) in [5, 5.41) is 5.22. The lowest BCUT2D eigenvalue weighted by molar-refractivity contribution is -0.120. The summed E-state index contributed by atoms with van der Waals surface area (Å²) in [5.41, 5.74) is 2.44. The highest BCUT2D eigenvalue weighted by molar-refractivity contribution is 8.01. The minimum atomic E-state index is -0.362. The van der Waals surface area contributed by atoms with Crippen LogP contribution in [0, 0.1) is 12.7 Å². The van der Waals surface area contributed by atoms with Gasteiger partial charge in [-0.15, -0.1) is 11.8 Å². The van der Waals surface area contributed by atoms with E-state index in [2.05, 4.69) is 10.6 Å². The zero-order chi connectivity index (χ0) is 18.9. The predicted octanol–water partition coefficient (Wildman–Crippen LogP) is 3.55. The average Bonchev–Trinajstić information content (AvgIpc) is 2.63. The van der Waals surface area contributed by atoms with E-state index in [0.717, 1.165) is 11.3 Å². The highest BCUT2D eigenvalue weighted by atomic mass is 32.2. The first-order chi connectivity index (χ1) is 12.5. The Kier molecular flexibility index (Phi) is 7.66. The summed E-state index contributed by atoms with van der Waals surface area (Å²) in [6.45, 7) is 4.09. The highest BCUT2D eigenvalue weighted by Crippen LogP contribution is 2.13. The van der Waals surface area contributed by atoms with Gasteiger partial charge in [0.25, 0.3) is 0 Å². The summed E-state index contributed by atoms with van der Waals surface area (Å²) in [4.78, 5) is 24.0. The van der Waals surface area contributed by atoms with Crippen molar-refractivity contribution in [3.63, 3.8) is 0 Å². The Labute approximate surface area is 157 Å². The van der Waals surface area contributed by atoms with Crippen LogP contribution in [0.2, 0.25) is 0 Å². The lowest BCUT2D eigenvalue weighted by Gasteiger charge is -2.12. The van der Waals surface area contributed by atoms with Crippen LogP contribution < -0.4 is 10.6 Å². The van der Waals surface area contributed by atoms with Crippen LogP contribution in [0.4, 0.5) is 10.1 Å². The molecule has 0 radical (unpaired) electrons. The molecule has 4 nitrogen and oxygen atoms in total. The quantitative estimate of drug-likeness (QED) is 0.743. The third-order valence-electron chi connectivity index (χ3n) is 3.82. The van der Waals surface area contributed by atoms with Crippen molar-refractivity contribution in [3.05, 3.63) is 65.5 Å². The number of thioether (sulfide) groups is 1. The van der Waals surface area contributed by atoms with E-state index in [9.17, 15) is 14.0 Å². The SMILES string of the molecule is Cc1ccc(NC(=O)CSC(C)C(=O)NCCc2ccccc2F)cc1. The minimum Gasteiger partial charge on any atom is -0.355 e. The van der Waals surface area contributed by atoms with E-state index < -0.39 is 0 Å². The summed E-state index contributed by atoms with van der Waals surface area (Å²) in [6, 6.07) is 14.1. The number of aryl methyl sites for hydroxylation is 1. The van der Waals surface area contributed by atoms with Gasteiger partial charge in [-0.2, -0.15) is 0 Å². The Bertz CT molecular complexity index is 750. The van der Waals surface area contributed by atoms with E-state index in [1.54, 1.807) is 25.1 Å². The van der Waals surface area contributed by atoms with Crippen LogP contribution in [0.5, 0.6) is 0 Å². The Morgan fingerprint density at radius 2 is 1.81 bits per heavy atom. The molecule has 6 heteroatoms. The van der Waals surface area contributed by atoms with Gasteiger partial charge >= 0.3 is 0 Å². The van der Waals surface area contributed by atoms with E-state index >= 15 is 0 Å². The lowest BCUT2D eigenvalue weighted by atomic mass is 10.1. The number of carbonyl (C=O) groups is 2. The van der Waals surface area contributed by atoms with Gasteiger partial charge in [-0.3, -0.25) is 9.59 Å². The van der Waals surface area contributed by atoms with Crippen molar-refractivity contribution < 1.29 is 14.0 Å². The molecule has 2 rings (SSSR count). The topological polar surface area (TPSA) is 58.2 Å². The van der Waals surface area contributed by atoms with Crippen LogP contribution in [0.25, 0.3) is 0 Å². The second-order valence-corrected chi connectivity index (χ2v) is 7.33. The number of hydrogen-bond donors (Lipinski definition) is 2. The third-order valence-corrected chi connectivity index (χ3v) is 4.96. The second-order valence-electron chi connectivity index (χ2n) is 6.00. The number of hydrogen-bond acceptors (Lipinski definition) is 3. The molecular weight excluding hydrogens is 351 g/mol. The molecule has 1 unspecified atom stereocenters. The maximum Gasteiger partial charge on any atom is 0.234 e. The molecule has 2 amide bonds. The highest BCUT2D eigenvalue weighted by Gasteiger charge is 2.15. The van der Waals surface area contributed by atoms with Gasteiger partial charge in [-0.25, -0.2) is 4.39 Å². The van der Waals surface area contributed by atoms with Crippen molar-refractivity contribution in [2.75, 3.05) is 17.6 Å². The monoisotopic (exact) mass is 374 g/mol. The van der Waals surface area contributed by atoms with E-state index in [1.807, 2.05) is 31.2 Å². The number of nitrogens with one attached hydrogen (secondary N) is 2. The number of rotatable bonds is 8. The average molecular weight is 374 g/mol. The Balaban J connectivity index is 1.68. The van der Waals surface area contributed by atoms with Crippen LogP contribution >= 0.6 is 11.8 Å². The molecule has 2 aromatic rings. The third kappa shape index (κ3) is 6.52. The summed E-state index contributed by atoms with van der Waals surface area (Å²) in [7, 11) is 0. The maximum atomic E-state index is 13.5. The van der Waals surface area contributed by atoms with Crippen LogP contribution in [0.1, 0.15) is 18.1 Å². The molecule has 26 heavy (non-hydrogen) atoms. The second kappa shape index (κ2) is 9.97. The number of halogens is 1. The van der Waals surface area contributed by atoms with Gasteiger partial charge in [0.2, 0.25) is 11.8 Å². The van der Waals surface area contributed by atoms with Gasteiger partial charge in [-0.05, 0) is 44.0 Å². The zero-order valence-electron chi connectivity index (χ0n) is 14.9. The number of amides is 2. The fourth-order valence-corrected chi connectivity index (χ4v) is 2.98. The maximum absolute atomic E-state index is 13.5. The molecule has 0 saturated heterocycles. The smallest absolute Gasteiger partial charge is 0.234 e. The van der Waals surface area contributed by atoms with Crippen LogP contribution in [0.3, 0.4) is 0 Å². The molecule has 0 saturated carbocycles. The van der Waals surface area contributed by atoms with Gasteiger partial charge in [0, 0.05) is 12.2 Å². The molecular formula is C20H23FN2O2S. The van der Waals surface area contributed by atoms with Gasteiger partial charge < -0.3 is 10.6 Å². The van der Waals surface area contributed by atoms with E-state index in [4.69, 9.17) is 0 Å². The zero-order valence-corrected chi connectivity index (χ0v) is 15.7. The van der Waals surface area contributed by atoms with Crippen molar-refractivity contribution in [2.45, 2.75) is 25.5 Å². The predicted molar refractivity (Wildman–Crippen MR) is 105 cm³/mol. The molecule has 0 spiro atoms. The van der Waals surface area contributed by atoms with Crippen molar-refractivity contribution in [2.24, 2.45) is 0 Å². The van der Waals surface area contributed by atoms with E-state index in [-0.39, 0.29) is 28.6 Å². The fraction of sp³-hybridized carbons (Fsp3) is 0.300. The van der Waals surface area contributed by atoms with Gasteiger partial charge in [-0.1, -0.05) is 35.9 Å². The van der Waals surface area contributed by atoms with Crippen molar-refractivity contribution in [1.82, 2.24) is 5.32 Å². The first-order valence-electron chi connectivity index (χ1n) is 8.45. The Morgan fingerprint density at radius 1 is 1.12 bits per heavy atom. The van der Waals surface area contributed by atoms with Crippen molar-refractivity contribution in [1.29, 1.82) is 0 Å². The van der Waals surface area contributed by atoms with Crippen LogP contribution in [-0.4, -0.2) is 29.4 Å². The molecule has 0 aliphatic heterocycles. The van der Waals surface area contributed by atoms with Crippen LogP contribution in [-0.2, 0) is 16.0 Å². The molecule has 0 fully saturated rings. The number of carbonyl (C=O) groups excluding carboxylic acids is 2. The van der Waals surface area contributed by atoms with E-state index in [0.29, 0.717) is 18.5 Å². The number of anilines is 1. The summed E-state index contributed by atoms with van der Waals surface area (Å²) < 4.78 is 13.5. The normalized spacial score (nSPS) is 11.7. The Hall–Kier alpha value is -2.34. The van der Waals surface area contributed by atoms with Gasteiger partial charge in [0.05, 0.1) is 11.0 Å². The fourth-order valence-electron chi connectivity index (χ4n) is 2.28. The lowest BCUT2D eigenvalue weighted by Crippen LogP contribution is -2.33. The molecule has 2 aromatic carbocycles. The standard InChI is InChI=1S/C20H23FN2O2S/c1-14-7-9-17(10-8-14)23-19(24)13-26-15(2)20(25)22-12-11-16-5-3-4-6-18(16)21/h3-10,15H,11-13H2,1-2H3,(H,22,25)(H,23,24). The first kappa shape index (κ1) is 20.0. The molecule has 0 aliphatic carbocycles. The minimum absolute atomic E-state index is 0.148. The summed E-state index contributed by atoms with van der Waals surface area (Å²) in [5.74, 6) is -0.383. The molecule has 1 atom stereocenters. The van der Waals surface area contributed by atoms with E-state index in [1.165, 1.54) is 17.8 Å². The summed E-state index contributed by atoms with van der Waals surface area (Å²) >= 11 is 1.27. The molecule has 138 valence electrons. The first-order valence-corrected chi connectivity index (χ1v) is 9.50.